The first-order valence-electron chi connectivity index (χ1n) is 8.05. The second-order valence-corrected chi connectivity index (χ2v) is 7.51. The Labute approximate surface area is 151 Å². The van der Waals surface area contributed by atoms with Crippen LogP contribution in [0.5, 0.6) is 0 Å². The SMILES string of the molecule is CSc1ccccc1NC(=O)c1ccccc1SC[C@@H]1CCCO1. The van der Waals surface area contributed by atoms with E-state index in [4.69, 9.17) is 4.74 Å². The standard InChI is InChI=1S/C19H21NO2S2/c1-23-18-11-5-3-9-16(18)20-19(21)15-8-2-4-10-17(15)24-13-14-7-6-12-22-14/h2-5,8-11,14H,6-7,12-13H2,1H3,(H,20,21)/t14-/m0/s1. The van der Waals surface area contributed by atoms with Crippen LogP contribution in [0.1, 0.15) is 23.2 Å². The molecule has 2 aromatic rings. The van der Waals surface area contributed by atoms with Crippen LogP contribution in [-0.4, -0.2) is 30.6 Å². The average Bonchev–Trinajstić information content (AvgIpc) is 3.14. The van der Waals surface area contributed by atoms with Crippen LogP contribution in [0.15, 0.2) is 58.3 Å². The first-order valence-corrected chi connectivity index (χ1v) is 10.3. The molecule has 2 aromatic carbocycles. The lowest BCUT2D eigenvalue weighted by Gasteiger charge is -2.13. The van der Waals surface area contributed by atoms with Gasteiger partial charge in [-0.15, -0.1) is 23.5 Å². The van der Waals surface area contributed by atoms with Gasteiger partial charge in [-0.1, -0.05) is 24.3 Å². The van der Waals surface area contributed by atoms with Crippen LogP contribution in [0.3, 0.4) is 0 Å². The third-order valence-corrected chi connectivity index (χ3v) is 5.94. The Kier molecular flexibility index (Phi) is 6.24. The minimum atomic E-state index is -0.0630. The fourth-order valence-corrected chi connectivity index (χ4v) is 4.35. The van der Waals surface area contributed by atoms with Crippen molar-refractivity contribution in [2.45, 2.75) is 28.7 Å². The predicted molar refractivity (Wildman–Crippen MR) is 102 cm³/mol. The van der Waals surface area contributed by atoms with E-state index in [1.807, 2.05) is 54.8 Å². The van der Waals surface area contributed by atoms with Gasteiger partial charge in [-0.05, 0) is 43.4 Å². The Morgan fingerprint density at radius 3 is 2.67 bits per heavy atom. The Morgan fingerprint density at radius 2 is 1.92 bits per heavy atom. The minimum Gasteiger partial charge on any atom is -0.377 e. The molecule has 1 aliphatic rings. The van der Waals surface area contributed by atoms with Gasteiger partial charge in [0.1, 0.15) is 0 Å². The third-order valence-electron chi connectivity index (χ3n) is 3.94. The summed E-state index contributed by atoms with van der Waals surface area (Å²) in [5.74, 6) is 0.832. The van der Waals surface area contributed by atoms with E-state index in [1.165, 1.54) is 0 Å². The largest absolute Gasteiger partial charge is 0.377 e. The van der Waals surface area contributed by atoms with E-state index in [0.717, 1.165) is 46.2 Å². The second kappa shape index (κ2) is 8.60. The molecule has 1 heterocycles. The van der Waals surface area contributed by atoms with E-state index < -0.39 is 0 Å². The van der Waals surface area contributed by atoms with E-state index in [-0.39, 0.29) is 5.91 Å². The van der Waals surface area contributed by atoms with Crippen molar-refractivity contribution >= 4 is 35.1 Å². The van der Waals surface area contributed by atoms with Gasteiger partial charge in [-0.25, -0.2) is 0 Å². The quantitative estimate of drug-likeness (QED) is 0.742. The van der Waals surface area contributed by atoms with Gasteiger partial charge in [0.15, 0.2) is 0 Å². The molecule has 0 aromatic heterocycles. The number of nitrogens with one attached hydrogen (secondary N) is 1. The molecular formula is C19H21NO2S2. The number of amides is 1. The molecular weight excluding hydrogens is 338 g/mol. The molecule has 1 aliphatic heterocycles. The molecule has 0 bridgehead atoms. The maximum Gasteiger partial charge on any atom is 0.256 e. The molecule has 24 heavy (non-hydrogen) atoms. The zero-order valence-electron chi connectivity index (χ0n) is 13.7. The number of anilines is 1. The molecule has 1 amide bonds. The van der Waals surface area contributed by atoms with Gasteiger partial charge >= 0.3 is 0 Å². The molecule has 0 saturated carbocycles. The number of para-hydroxylation sites is 1. The van der Waals surface area contributed by atoms with E-state index in [2.05, 4.69) is 5.32 Å². The molecule has 0 unspecified atom stereocenters. The van der Waals surface area contributed by atoms with Crippen LogP contribution in [0.2, 0.25) is 0 Å². The molecule has 3 rings (SSSR count). The summed E-state index contributed by atoms with van der Waals surface area (Å²) in [6.45, 7) is 0.860. The van der Waals surface area contributed by atoms with E-state index >= 15 is 0 Å². The summed E-state index contributed by atoms with van der Waals surface area (Å²) in [6, 6.07) is 15.6. The molecule has 126 valence electrons. The Morgan fingerprint density at radius 1 is 1.17 bits per heavy atom. The first-order chi connectivity index (χ1) is 11.8. The molecule has 5 heteroatoms. The number of benzene rings is 2. The molecule has 0 spiro atoms. The summed E-state index contributed by atoms with van der Waals surface area (Å²) in [5, 5.41) is 3.04. The van der Waals surface area contributed by atoms with Gasteiger partial charge < -0.3 is 10.1 Å². The fraction of sp³-hybridized carbons (Fsp3) is 0.316. The number of thioether (sulfide) groups is 2. The third kappa shape index (κ3) is 4.35. The number of carbonyl (C=O) groups is 1. The van der Waals surface area contributed by atoms with Crippen LogP contribution >= 0.6 is 23.5 Å². The molecule has 0 aliphatic carbocycles. The highest BCUT2D eigenvalue weighted by Gasteiger charge is 2.18. The zero-order chi connectivity index (χ0) is 16.8. The number of ether oxygens (including phenoxy) is 1. The van der Waals surface area contributed by atoms with Gasteiger partial charge in [-0.2, -0.15) is 0 Å². The van der Waals surface area contributed by atoms with Crippen LogP contribution in [-0.2, 0) is 4.74 Å². The monoisotopic (exact) mass is 359 g/mol. The highest BCUT2D eigenvalue weighted by Crippen LogP contribution is 2.29. The maximum atomic E-state index is 12.7. The lowest BCUT2D eigenvalue weighted by molar-refractivity contribution is 0.102. The number of hydrogen-bond acceptors (Lipinski definition) is 4. The van der Waals surface area contributed by atoms with Crippen LogP contribution in [0.25, 0.3) is 0 Å². The molecule has 1 saturated heterocycles. The Balaban J connectivity index is 1.72. The summed E-state index contributed by atoms with van der Waals surface area (Å²) in [6.07, 6.45) is 4.57. The first kappa shape index (κ1) is 17.4. The minimum absolute atomic E-state index is 0.0630. The molecule has 1 N–H and O–H groups in total. The molecule has 1 atom stereocenters. The normalized spacial score (nSPS) is 17.0. The number of rotatable bonds is 6. The summed E-state index contributed by atoms with van der Waals surface area (Å²) < 4.78 is 5.68. The summed E-state index contributed by atoms with van der Waals surface area (Å²) in [4.78, 5) is 14.8. The van der Waals surface area contributed by atoms with Crippen molar-refractivity contribution in [3.8, 4) is 0 Å². The molecule has 3 nitrogen and oxygen atoms in total. The van der Waals surface area contributed by atoms with Crippen LogP contribution in [0.4, 0.5) is 5.69 Å². The van der Waals surface area contributed by atoms with Gasteiger partial charge in [0.2, 0.25) is 0 Å². The van der Waals surface area contributed by atoms with E-state index in [1.54, 1.807) is 23.5 Å². The topological polar surface area (TPSA) is 38.3 Å². The number of hydrogen-bond donors (Lipinski definition) is 1. The lowest BCUT2D eigenvalue weighted by atomic mass is 10.2. The zero-order valence-corrected chi connectivity index (χ0v) is 15.3. The van der Waals surface area contributed by atoms with E-state index in [0.29, 0.717) is 6.10 Å². The van der Waals surface area contributed by atoms with Gasteiger partial charge in [0.05, 0.1) is 17.4 Å². The molecule has 1 fully saturated rings. The van der Waals surface area contributed by atoms with E-state index in [9.17, 15) is 4.79 Å². The highest BCUT2D eigenvalue weighted by molar-refractivity contribution is 7.99. The van der Waals surface area contributed by atoms with Gasteiger partial charge in [-0.3, -0.25) is 4.79 Å². The Hall–Kier alpha value is -1.43. The fourth-order valence-electron chi connectivity index (χ4n) is 2.68. The smallest absolute Gasteiger partial charge is 0.256 e. The maximum absolute atomic E-state index is 12.7. The molecule has 0 radical (unpaired) electrons. The second-order valence-electron chi connectivity index (χ2n) is 5.60. The summed E-state index contributed by atoms with van der Waals surface area (Å²) in [5.41, 5.74) is 1.57. The Bertz CT molecular complexity index is 699. The van der Waals surface area contributed by atoms with Crippen molar-refractivity contribution < 1.29 is 9.53 Å². The van der Waals surface area contributed by atoms with Crippen molar-refractivity contribution in [3.63, 3.8) is 0 Å². The van der Waals surface area contributed by atoms with Crippen molar-refractivity contribution in [2.75, 3.05) is 23.9 Å². The number of carbonyl (C=O) groups excluding carboxylic acids is 1. The van der Waals surface area contributed by atoms with Crippen LogP contribution < -0.4 is 5.32 Å². The van der Waals surface area contributed by atoms with Crippen molar-refractivity contribution in [1.29, 1.82) is 0 Å². The van der Waals surface area contributed by atoms with Crippen molar-refractivity contribution in [3.05, 3.63) is 54.1 Å². The average molecular weight is 360 g/mol. The van der Waals surface area contributed by atoms with Crippen molar-refractivity contribution in [2.24, 2.45) is 0 Å². The van der Waals surface area contributed by atoms with Gasteiger partial charge in [0.25, 0.3) is 5.91 Å². The highest BCUT2D eigenvalue weighted by atomic mass is 32.2. The predicted octanol–water partition coefficient (Wildman–Crippen LogP) is 4.93. The van der Waals surface area contributed by atoms with Gasteiger partial charge in [0, 0.05) is 22.2 Å². The lowest BCUT2D eigenvalue weighted by Crippen LogP contribution is -2.14. The summed E-state index contributed by atoms with van der Waals surface area (Å²) >= 11 is 3.33. The summed E-state index contributed by atoms with van der Waals surface area (Å²) in [7, 11) is 0. The van der Waals surface area contributed by atoms with Crippen LogP contribution in [0, 0.1) is 0 Å². The van der Waals surface area contributed by atoms with Crippen molar-refractivity contribution in [1.82, 2.24) is 0 Å².